The molecule has 0 amide bonds. The van der Waals surface area contributed by atoms with Gasteiger partial charge in [-0.2, -0.15) is 0 Å². The van der Waals surface area contributed by atoms with Crippen LogP contribution < -0.4 is 5.32 Å². The first kappa shape index (κ1) is 12.4. The molecule has 2 fully saturated rings. The Bertz CT molecular complexity index is 215. The summed E-state index contributed by atoms with van der Waals surface area (Å²) in [5, 5.41) is 3.79. The van der Waals surface area contributed by atoms with E-state index in [1.807, 2.05) is 0 Å². The van der Waals surface area contributed by atoms with Crippen molar-refractivity contribution in [1.82, 2.24) is 10.2 Å². The molecule has 1 aliphatic heterocycles. The van der Waals surface area contributed by atoms with E-state index < -0.39 is 0 Å². The Labute approximate surface area is 101 Å². The van der Waals surface area contributed by atoms with Gasteiger partial charge in [0.15, 0.2) is 0 Å². The number of hydrogen-bond donors (Lipinski definition) is 1. The zero-order chi connectivity index (χ0) is 11.5. The smallest absolute Gasteiger partial charge is 0.00698 e. The van der Waals surface area contributed by atoms with Crippen LogP contribution >= 0.6 is 0 Å². The van der Waals surface area contributed by atoms with Crippen molar-refractivity contribution in [3.05, 3.63) is 0 Å². The van der Waals surface area contributed by atoms with Crippen LogP contribution in [0.1, 0.15) is 46.5 Å². The number of nitrogens with zero attached hydrogens (tertiary/aromatic N) is 1. The molecule has 3 atom stereocenters. The van der Waals surface area contributed by atoms with E-state index in [-0.39, 0.29) is 0 Å². The van der Waals surface area contributed by atoms with Crippen LogP contribution in [0.4, 0.5) is 0 Å². The minimum absolute atomic E-state index is 0.733. The van der Waals surface area contributed by atoms with Crippen LogP contribution in [0.3, 0.4) is 0 Å². The summed E-state index contributed by atoms with van der Waals surface area (Å²) >= 11 is 0. The molecule has 2 nitrogen and oxygen atoms in total. The Morgan fingerprint density at radius 3 is 2.62 bits per heavy atom. The minimum atomic E-state index is 0.733. The molecule has 1 aliphatic carbocycles. The SMILES string of the molecule is CC1CCC(NCC2CCN(C(C)C)C2)C1. The highest BCUT2D eigenvalue weighted by molar-refractivity contribution is 4.83. The highest BCUT2D eigenvalue weighted by atomic mass is 15.2. The Kier molecular flexibility index (Phi) is 4.26. The lowest BCUT2D eigenvalue weighted by Crippen LogP contribution is -2.34. The van der Waals surface area contributed by atoms with E-state index in [9.17, 15) is 0 Å². The fourth-order valence-corrected chi connectivity index (χ4v) is 3.22. The normalized spacial score (nSPS) is 36.4. The molecule has 0 aromatic carbocycles. The van der Waals surface area contributed by atoms with E-state index in [1.54, 1.807) is 0 Å². The lowest BCUT2D eigenvalue weighted by atomic mass is 10.1. The van der Waals surface area contributed by atoms with Crippen molar-refractivity contribution in [1.29, 1.82) is 0 Å². The molecule has 0 aromatic rings. The largest absolute Gasteiger partial charge is 0.314 e. The molecule has 2 aliphatic rings. The molecule has 1 heterocycles. The molecule has 16 heavy (non-hydrogen) atoms. The average Bonchev–Trinajstić information content (AvgIpc) is 2.83. The van der Waals surface area contributed by atoms with Gasteiger partial charge in [0.25, 0.3) is 0 Å². The van der Waals surface area contributed by atoms with Crippen LogP contribution in [0.25, 0.3) is 0 Å². The first-order valence-corrected chi connectivity index (χ1v) is 7.12. The van der Waals surface area contributed by atoms with Crippen molar-refractivity contribution in [3.8, 4) is 0 Å². The van der Waals surface area contributed by atoms with Crippen molar-refractivity contribution in [2.24, 2.45) is 11.8 Å². The first-order chi connectivity index (χ1) is 7.65. The molecule has 0 bridgehead atoms. The van der Waals surface area contributed by atoms with E-state index in [0.29, 0.717) is 0 Å². The Morgan fingerprint density at radius 2 is 2.06 bits per heavy atom. The predicted octanol–water partition coefficient (Wildman–Crippen LogP) is 2.49. The molecular formula is C14H28N2. The zero-order valence-electron chi connectivity index (χ0n) is 11.2. The fraction of sp³-hybridized carbons (Fsp3) is 1.00. The maximum Gasteiger partial charge on any atom is 0.00698 e. The maximum absolute atomic E-state index is 3.79. The van der Waals surface area contributed by atoms with E-state index in [2.05, 4.69) is 31.0 Å². The molecule has 1 N–H and O–H groups in total. The summed E-state index contributed by atoms with van der Waals surface area (Å²) in [6, 6.07) is 1.56. The molecular weight excluding hydrogens is 196 g/mol. The van der Waals surface area contributed by atoms with Crippen LogP contribution in [0.5, 0.6) is 0 Å². The van der Waals surface area contributed by atoms with Gasteiger partial charge in [-0.15, -0.1) is 0 Å². The molecule has 0 spiro atoms. The summed E-state index contributed by atoms with van der Waals surface area (Å²) in [5.41, 5.74) is 0. The van der Waals surface area contributed by atoms with Gasteiger partial charge in [0.2, 0.25) is 0 Å². The molecule has 1 saturated heterocycles. The summed E-state index contributed by atoms with van der Waals surface area (Å²) in [5.74, 6) is 1.85. The number of likely N-dealkylation sites (tertiary alicyclic amines) is 1. The number of rotatable bonds is 4. The zero-order valence-corrected chi connectivity index (χ0v) is 11.2. The van der Waals surface area contributed by atoms with Crippen LogP contribution in [0, 0.1) is 11.8 Å². The maximum atomic E-state index is 3.79. The second kappa shape index (κ2) is 5.50. The van der Waals surface area contributed by atoms with E-state index >= 15 is 0 Å². The predicted molar refractivity (Wildman–Crippen MR) is 69.6 cm³/mol. The van der Waals surface area contributed by atoms with E-state index in [4.69, 9.17) is 0 Å². The van der Waals surface area contributed by atoms with Gasteiger partial charge >= 0.3 is 0 Å². The van der Waals surface area contributed by atoms with Crippen LogP contribution in [0.15, 0.2) is 0 Å². The summed E-state index contributed by atoms with van der Waals surface area (Å²) in [4.78, 5) is 2.61. The Balaban J connectivity index is 1.64. The van der Waals surface area contributed by atoms with Crippen molar-refractivity contribution in [2.75, 3.05) is 19.6 Å². The highest BCUT2D eigenvalue weighted by Gasteiger charge is 2.26. The Morgan fingerprint density at radius 1 is 1.25 bits per heavy atom. The summed E-state index contributed by atoms with van der Waals surface area (Å²) in [7, 11) is 0. The van der Waals surface area contributed by atoms with Gasteiger partial charge in [-0.3, -0.25) is 0 Å². The lowest BCUT2D eigenvalue weighted by Gasteiger charge is -2.21. The molecule has 2 rings (SSSR count). The average molecular weight is 224 g/mol. The van der Waals surface area contributed by atoms with Crippen molar-refractivity contribution >= 4 is 0 Å². The highest BCUT2D eigenvalue weighted by Crippen LogP contribution is 2.25. The standard InChI is InChI=1S/C14H28N2/c1-11(2)16-7-6-13(10-16)9-15-14-5-4-12(3)8-14/h11-15H,4-10H2,1-3H3. The molecule has 1 saturated carbocycles. The number of hydrogen-bond acceptors (Lipinski definition) is 2. The first-order valence-electron chi connectivity index (χ1n) is 7.12. The Hall–Kier alpha value is -0.0800. The van der Waals surface area contributed by atoms with Crippen molar-refractivity contribution in [2.45, 2.75) is 58.5 Å². The van der Waals surface area contributed by atoms with Gasteiger partial charge in [0.05, 0.1) is 0 Å². The summed E-state index contributed by atoms with van der Waals surface area (Å²) in [6.45, 7) is 10.9. The van der Waals surface area contributed by atoms with Crippen molar-refractivity contribution in [3.63, 3.8) is 0 Å². The monoisotopic (exact) mass is 224 g/mol. The van der Waals surface area contributed by atoms with Gasteiger partial charge in [0.1, 0.15) is 0 Å². The van der Waals surface area contributed by atoms with E-state index in [0.717, 1.165) is 23.9 Å². The summed E-state index contributed by atoms with van der Waals surface area (Å²) in [6.07, 6.45) is 5.64. The molecule has 3 unspecified atom stereocenters. The lowest BCUT2D eigenvalue weighted by molar-refractivity contribution is 0.262. The molecule has 94 valence electrons. The van der Waals surface area contributed by atoms with Crippen LogP contribution in [0.2, 0.25) is 0 Å². The number of nitrogens with one attached hydrogen (secondary N) is 1. The molecule has 0 aromatic heterocycles. The minimum Gasteiger partial charge on any atom is -0.314 e. The third kappa shape index (κ3) is 3.21. The van der Waals surface area contributed by atoms with Crippen LogP contribution in [-0.4, -0.2) is 36.6 Å². The third-order valence-corrected chi connectivity index (χ3v) is 4.44. The molecule has 0 radical (unpaired) electrons. The second-order valence-electron chi connectivity index (χ2n) is 6.27. The van der Waals surface area contributed by atoms with Gasteiger partial charge in [-0.25, -0.2) is 0 Å². The quantitative estimate of drug-likeness (QED) is 0.789. The topological polar surface area (TPSA) is 15.3 Å². The van der Waals surface area contributed by atoms with Crippen molar-refractivity contribution < 1.29 is 0 Å². The van der Waals surface area contributed by atoms with Gasteiger partial charge in [-0.1, -0.05) is 6.92 Å². The van der Waals surface area contributed by atoms with E-state index in [1.165, 1.54) is 45.3 Å². The second-order valence-corrected chi connectivity index (χ2v) is 6.27. The van der Waals surface area contributed by atoms with Crippen LogP contribution in [-0.2, 0) is 0 Å². The molecule has 2 heteroatoms. The summed E-state index contributed by atoms with van der Waals surface area (Å²) < 4.78 is 0. The fourth-order valence-electron chi connectivity index (χ4n) is 3.22. The third-order valence-electron chi connectivity index (χ3n) is 4.44. The van der Waals surface area contributed by atoms with Gasteiger partial charge < -0.3 is 10.2 Å². The van der Waals surface area contributed by atoms with Gasteiger partial charge in [-0.05, 0) is 64.5 Å². The van der Waals surface area contributed by atoms with Gasteiger partial charge in [0, 0.05) is 18.6 Å².